The minimum absolute atomic E-state index is 0.0668. The van der Waals surface area contributed by atoms with Gasteiger partial charge in [-0.1, -0.05) is 25.3 Å². The van der Waals surface area contributed by atoms with Gasteiger partial charge in [0.05, 0.1) is 11.1 Å². The van der Waals surface area contributed by atoms with Gasteiger partial charge in [-0.25, -0.2) is 9.59 Å². The molecule has 18 heavy (non-hydrogen) atoms. The van der Waals surface area contributed by atoms with Crippen molar-refractivity contribution >= 4 is 11.9 Å². The Morgan fingerprint density at radius 3 is 1.89 bits per heavy atom. The fourth-order valence-corrected chi connectivity index (χ4v) is 2.77. The van der Waals surface area contributed by atoms with Gasteiger partial charge < -0.3 is 10.2 Å². The number of aromatic carboxylic acids is 2. The third-order valence-electron chi connectivity index (χ3n) is 3.58. The molecule has 2 N–H and O–H groups in total. The average Bonchev–Trinajstić information content (AvgIpc) is 2.38. The van der Waals surface area contributed by atoms with E-state index in [0.717, 1.165) is 32.1 Å². The monoisotopic (exact) mass is 248 g/mol. The van der Waals surface area contributed by atoms with Crippen LogP contribution in [-0.4, -0.2) is 22.2 Å². The zero-order valence-electron chi connectivity index (χ0n) is 10.1. The number of hydrogen-bond acceptors (Lipinski definition) is 2. The summed E-state index contributed by atoms with van der Waals surface area (Å²) in [5.74, 6) is -2.02. The molecular weight excluding hydrogens is 232 g/mol. The second kappa shape index (κ2) is 5.21. The summed E-state index contributed by atoms with van der Waals surface area (Å²) in [7, 11) is 0. The van der Waals surface area contributed by atoms with Crippen molar-refractivity contribution in [2.24, 2.45) is 0 Å². The summed E-state index contributed by atoms with van der Waals surface area (Å²) < 4.78 is 0. The Morgan fingerprint density at radius 1 is 0.944 bits per heavy atom. The van der Waals surface area contributed by atoms with E-state index in [4.69, 9.17) is 0 Å². The van der Waals surface area contributed by atoms with Crippen molar-refractivity contribution in [2.75, 3.05) is 0 Å². The SMILES string of the molecule is O=C(O)c1cccc(C(=O)O)c1C1CCCCC1. The van der Waals surface area contributed by atoms with Crippen LogP contribution < -0.4 is 0 Å². The van der Waals surface area contributed by atoms with Crippen molar-refractivity contribution in [2.45, 2.75) is 38.0 Å². The molecule has 0 spiro atoms. The molecule has 0 bridgehead atoms. The Hall–Kier alpha value is -1.84. The number of carboxylic acids is 2. The molecule has 0 saturated heterocycles. The number of hydrogen-bond donors (Lipinski definition) is 2. The van der Waals surface area contributed by atoms with E-state index in [1.165, 1.54) is 18.2 Å². The molecule has 96 valence electrons. The summed E-state index contributed by atoms with van der Waals surface area (Å²) in [6.45, 7) is 0. The normalized spacial score (nSPS) is 16.4. The Morgan fingerprint density at radius 2 is 1.44 bits per heavy atom. The molecule has 2 rings (SSSR count). The Labute approximate surface area is 105 Å². The van der Waals surface area contributed by atoms with Gasteiger partial charge >= 0.3 is 11.9 Å². The van der Waals surface area contributed by atoms with Crippen LogP contribution in [0.5, 0.6) is 0 Å². The standard InChI is InChI=1S/C14H16O4/c15-13(16)10-7-4-8-11(14(17)18)12(10)9-5-2-1-3-6-9/h4,7-9H,1-3,5-6H2,(H,15,16)(H,17,18). The molecule has 0 unspecified atom stereocenters. The smallest absolute Gasteiger partial charge is 0.335 e. The van der Waals surface area contributed by atoms with Crippen molar-refractivity contribution in [3.63, 3.8) is 0 Å². The molecule has 1 fully saturated rings. The minimum Gasteiger partial charge on any atom is -0.478 e. The Bertz CT molecular complexity index is 440. The molecule has 0 atom stereocenters. The summed E-state index contributed by atoms with van der Waals surface area (Å²) >= 11 is 0. The highest BCUT2D eigenvalue weighted by atomic mass is 16.4. The summed E-state index contributed by atoms with van der Waals surface area (Å²) in [6, 6.07) is 4.50. The molecule has 0 radical (unpaired) electrons. The first-order chi connectivity index (χ1) is 8.61. The lowest BCUT2D eigenvalue weighted by Crippen LogP contribution is -2.15. The van der Waals surface area contributed by atoms with E-state index in [0.29, 0.717) is 5.56 Å². The highest BCUT2D eigenvalue weighted by Crippen LogP contribution is 2.36. The van der Waals surface area contributed by atoms with Crippen LogP contribution in [0.3, 0.4) is 0 Å². The molecule has 1 aliphatic carbocycles. The molecule has 1 aromatic carbocycles. The molecule has 1 aliphatic rings. The largest absolute Gasteiger partial charge is 0.478 e. The average molecular weight is 248 g/mol. The summed E-state index contributed by atoms with van der Waals surface area (Å²) in [5, 5.41) is 18.4. The first kappa shape index (κ1) is 12.6. The van der Waals surface area contributed by atoms with E-state index < -0.39 is 11.9 Å². The zero-order chi connectivity index (χ0) is 13.1. The van der Waals surface area contributed by atoms with E-state index in [1.54, 1.807) is 0 Å². The van der Waals surface area contributed by atoms with Gasteiger partial charge in [0, 0.05) is 0 Å². The highest BCUT2D eigenvalue weighted by molar-refractivity contribution is 5.96. The number of carbonyl (C=O) groups is 2. The molecule has 4 heteroatoms. The van der Waals surface area contributed by atoms with Gasteiger partial charge in [0.2, 0.25) is 0 Å². The second-order valence-corrected chi connectivity index (χ2v) is 4.71. The molecule has 0 amide bonds. The van der Waals surface area contributed by atoms with E-state index in [1.807, 2.05) is 0 Å². The summed E-state index contributed by atoms with van der Waals surface area (Å²) in [6.07, 6.45) is 4.98. The maximum absolute atomic E-state index is 11.2. The number of benzene rings is 1. The number of carboxylic acid groups (broad SMARTS) is 2. The zero-order valence-corrected chi connectivity index (χ0v) is 10.1. The van der Waals surface area contributed by atoms with Gasteiger partial charge in [-0.15, -0.1) is 0 Å². The second-order valence-electron chi connectivity index (χ2n) is 4.71. The van der Waals surface area contributed by atoms with Crippen molar-refractivity contribution in [3.8, 4) is 0 Å². The molecular formula is C14H16O4. The fraction of sp³-hybridized carbons (Fsp3) is 0.429. The van der Waals surface area contributed by atoms with Crippen LogP contribution in [0.4, 0.5) is 0 Å². The van der Waals surface area contributed by atoms with Gasteiger partial charge in [0.25, 0.3) is 0 Å². The molecule has 1 aromatic rings. The fourth-order valence-electron chi connectivity index (χ4n) is 2.77. The Kier molecular flexibility index (Phi) is 3.65. The Balaban J connectivity index is 2.52. The van der Waals surface area contributed by atoms with E-state index in [-0.39, 0.29) is 17.0 Å². The van der Waals surface area contributed by atoms with Crippen molar-refractivity contribution in [1.82, 2.24) is 0 Å². The lowest BCUT2D eigenvalue weighted by Gasteiger charge is -2.24. The summed E-state index contributed by atoms with van der Waals surface area (Å²) in [4.78, 5) is 22.5. The lowest BCUT2D eigenvalue weighted by molar-refractivity contribution is 0.0693. The third-order valence-corrected chi connectivity index (χ3v) is 3.58. The van der Waals surface area contributed by atoms with Crippen molar-refractivity contribution in [3.05, 3.63) is 34.9 Å². The van der Waals surface area contributed by atoms with Gasteiger partial charge in [0.15, 0.2) is 0 Å². The van der Waals surface area contributed by atoms with E-state index >= 15 is 0 Å². The third kappa shape index (κ3) is 2.37. The van der Waals surface area contributed by atoms with Crippen LogP contribution in [0.1, 0.15) is 64.3 Å². The van der Waals surface area contributed by atoms with E-state index in [9.17, 15) is 19.8 Å². The minimum atomic E-state index is -1.04. The van der Waals surface area contributed by atoms with Crippen molar-refractivity contribution < 1.29 is 19.8 Å². The summed E-state index contributed by atoms with van der Waals surface area (Å²) in [5.41, 5.74) is 0.792. The molecule has 0 aliphatic heterocycles. The maximum Gasteiger partial charge on any atom is 0.335 e. The van der Waals surface area contributed by atoms with Crippen LogP contribution in [0.25, 0.3) is 0 Å². The van der Waals surface area contributed by atoms with Crippen molar-refractivity contribution in [1.29, 1.82) is 0 Å². The molecule has 0 aromatic heterocycles. The highest BCUT2D eigenvalue weighted by Gasteiger charge is 2.26. The van der Waals surface area contributed by atoms with Gasteiger partial charge in [0.1, 0.15) is 0 Å². The topological polar surface area (TPSA) is 74.6 Å². The first-order valence-corrected chi connectivity index (χ1v) is 6.20. The van der Waals surface area contributed by atoms with E-state index in [2.05, 4.69) is 0 Å². The van der Waals surface area contributed by atoms with Gasteiger partial charge in [-0.3, -0.25) is 0 Å². The molecule has 0 heterocycles. The van der Waals surface area contributed by atoms with Crippen LogP contribution in [0.15, 0.2) is 18.2 Å². The van der Waals surface area contributed by atoms with Gasteiger partial charge in [-0.2, -0.15) is 0 Å². The van der Waals surface area contributed by atoms with Crippen LogP contribution in [-0.2, 0) is 0 Å². The van der Waals surface area contributed by atoms with Crippen LogP contribution in [0, 0.1) is 0 Å². The van der Waals surface area contributed by atoms with Gasteiger partial charge in [-0.05, 0) is 36.5 Å². The van der Waals surface area contributed by atoms with Crippen LogP contribution in [0.2, 0.25) is 0 Å². The first-order valence-electron chi connectivity index (χ1n) is 6.20. The van der Waals surface area contributed by atoms with Crippen LogP contribution >= 0.6 is 0 Å². The quantitative estimate of drug-likeness (QED) is 0.861. The maximum atomic E-state index is 11.2. The number of rotatable bonds is 3. The molecule has 4 nitrogen and oxygen atoms in total. The lowest BCUT2D eigenvalue weighted by atomic mass is 9.80. The molecule has 1 saturated carbocycles. The predicted molar refractivity (Wildman–Crippen MR) is 66.2 cm³/mol. The predicted octanol–water partition coefficient (Wildman–Crippen LogP) is 3.13.